The van der Waals surface area contributed by atoms with E-state index >= 15 is 0 Å². The Bertz CT molecular complexity index is 342. The third kappa shape index (κ3) is 1.95. The predicted octanol–water partition coefficient (Wildman–Crippen LogP) is -1.28. The molecule has 0 unspecified atom stereocenters. The Morgan fingerprint density at radius 3 is 2.67 bits per heavy atom. The molecule has 2 rings (SSSR count). The Morgan fingerprint density at radius 2 is 2.13 bits per heavy atom. The van der Waals surface area contributed by atoms with Crippen molar-refractivity contribution in [2.75, 3.05) is 26.2 Å². The summed E-state index contributed by atoms with van der Waals surface area (Å²) in [7, 11) is 0. The number of H-pyrrole nitrogens is 1. The Hall–Kier alpha value is -1.92. The van der Waals surface area contributed by atoms with Crippen molar-refractivity contribution in [3.05, 3.63) is 12.2 Å². The molecule has 0 atom stereocenters. The number of nitrogens with one attached hydrogen (secondary N) is 1. The van der Waals surface area contributed by atoms with Gasteiger partial charge in [0, 0.05) is 26.2 Å². The molecule has 0 spiro atoms. The summed E-state index contributed by atoms with van der Waals surface area (Å²) in [5.74, 6) is 0.0765. The number of carbonyl (C=O) groups is 2. The fourth-order valence-corrected chi connectivity index (χ4v) is 1.49. The number of hydrogen-bond acceptors (Lipinski definition) is 4. The molecule has 1 aromatic heterocycles. The Labute approximate surface area is 86.1 Å². The van der Waals surface area contributed by atoms with Crippen LogP contribution in [0.3, 0.4) is 0 Å². The van der Waals surface area contributed by atoms with Gasteiger partial charge in [-0.2, -0.15) is 5.10 Å². The predicted molar refractivity (Wildman–Crippen MR) is 49.9 cm³/mol. The Kier molecular flexibility index (Phi) is 2.61. The lowest BCUT2D eigenvalue weighted by atomic mass is 10.3. The normalized spacial score (nSPS) is 16.5. The standard InChI is InChI=1S/C8H11N5O2/c14-6-12-1-3-13(4-2-12)8(15)7-9-5-10-11-7/h5-6H,1-4H2,(H,9,10,11). The summed E-state index contributed by atoms with van der Waals surface area (Å²) in [6.07, 6.45) is 2.10. The minimum absolute atomic E-state index is 0.168. The molecule has 1 N–H and O–H groups in total. The van der Waals surface area contributed by atoms with E-state index in [1.807, 2.05) is 0 Å². The van der Waals surface area contributed by atoms with E-state index in [0.717, 1.165) is 6.41 Å². The van der Waals surface area contributed by atoms with Crippen LogP contribution in [-0.2, 0) is 4.79 Å². The largest absolute Gasteiger partial charge is 0.342 e. The van der Waals surface area contributed by atoms with Gasteiger partial charge in [0.05, 0.1) is 0 Å². The van der Waals surface area contributed by atoms with E-state index in [2.05, 4.69) is 15.2 Å². The zero-order chi connectivity index (χ0) is 10.7. The third-order valence-electron chi connectivity index (χ3n) is 2.37. The number of carbonyl (C=O) groups excluding carboxylic acids is 2. The molecule has 0 radical (unpaired) electrons. The Balaban J connectivity index is 1.96. The lowest BCUT2D eigenvalue weighted by molar-refractivity contribution is -0.119. The van der Waals surface area contributed by atoms with E-state index in [1.165, 1.54) is 6.33 Å². The van der Waals surface area contributed by atoms with Crippen LogP contribution >= 0.6 is 0 Å². The first-order chi connectivity index (χ1) is 7.31. The molecule has 15 heavy (non-hydrogen) atoms. The fraction of sp³-hybridized carbons (Fsp3) is 0.500. The second-order valence-corrected chi connectivity index (χ2v) is 3.27. The molecule has 7 nitrogen and oxygen atoms in total. The van der Waals surface area contributed by atoms with Gasteiger partial charge in [-0.15, -0.1) is 0 Å². The fourth-order valence-electron chi connectivity index (χ4n) is 1.49. The molecule has 1 aliphatic heterocycles. The van der Waals surface area contributed by atoms with Crippen LogP contribution in [0.5, 0.6) is 0 Å². The molecule has 0 bridgehead atoms. The molecule has 1 aliphatic rings. The summed E-state index contributed by atoms with van der Waals surface area (Å²) >= 11 is 0. The van der Waals surface area contributed by atoms with Crippen molar-refractivity contribution in [1.29, 1.82) is 0 Å². The maximum absolute atomic E-state index is 11.7. The van der Waals surface area contributed by atoms with Gasteiger partial charge in [-0.25, -0.2) is 4.98 Å². The van der Waals surface area contributed by atoms with Crippen molar-refractivity contribution >= 4 is 12.3 Å². The lowest BCUT2D eigenvalue weighted by Crippen LogP contribution is -2.48. The van der Waals surface area contributed by atoms with E-state index in [1.54, 1.807) is 9.80 Å². The summed E-state index contributed by atoms with van der Waals surface area (Å²) in [5.41, 5.74) is 0. The van der Waals surface area contributed by atoms with Crippen molar-refractivity contribution in [2.24, 2.45) is 0 Å². The van der Waals surface area contributed by atoms with Crippen LogP contribution in [0.2, 0.25) is 0 Å². The van der Waals surface area contributed by atoms with Crippen LogP contribution in [0.4, 0.5) is 0 Å². The van der Waals surface area contributed by atoms with Crippen molar-refractivity contribution in [1.82, 2.24) is 25.0 Å². The SMILES string of the molecule is O=CN1CCN(C(=O)c2ncn[nH]2)CC1. The summed E-state index contributed by atoms with van der Waals surface area (Å²) in [6.45, 7) is 2.23. The highest BCUT2D eigenvalue weighted by Gasteiger charge is 2.22. The van der Waals surface area contributed by atoms with Gasteiger partial charge in [-0.1, -0.05) is 0 Å². The second kappa shape index (κ2) is 4.07. The first kappa shape index (κ1) is 9.63. The van der Waals surface area contributed by atoms with E-state index < -0.39 is 0 Å². The van der Waals surface area contributed by atoms with E-state index in [-0.39, 0.29) is 11.7 Å². The highest BCUT2D eigenvalue weighted by molar-refractivity contribution is 5.90. The minimum atomic E-state index is -0.168. The summed E-state index contributed by atoms with van der Waals surface area (Å²) in [5, 5.41) is 6.14. The zero-order valence-electron chi connectivity index (χ0n) is 8.09. The third-order valence-corrected chi connectivity index (χ3v) is 2.37. The summed E-state index contributed by atoms with van der Waals surface area (Å²) < 4.78 is 0. The number of rotatable bonds is 2. The topological polar surface area (TPSA) is 82.2 Å². The van der Waals surface area contributed by atoms with Gasteiger partial charge < -0.3 is 9.80 Å². The monoisotopic (exact) mass is 209 g/mol. The molecule has 1 aromatic rings. The molecule has 1 saturated heterocycles. The van der Waals surface area contributed by atoms with Gasteiger partial charge in [0.15, 0.2) is 0 Å². The van der Waals surface area contributed by atoms with Gasteiger partial charge in [0.25, 0.3) is 5.91 Å². The summed E-state index contributed by atoms with van der Waals surface area (Å²) in [4.78, 5) is 29.3. The van der Waals surface area contributed by atoms with Crippen LogP contribution < -0.4 is 0 Å². The van der Waals surface area contributed by atoms with Gasteiger partial charge in [-0.3, -0.25) is 14.7 Å². The lowest BCUT2D eigenvalue weighted by Gasteiger charge is -2.31. The van der Waals surface area contributed by atoms with Crippen LogP contribution in [-0.4, -0.2) is 63.5 Å². The number of nitrogens with zero attached hydrogens (tertiary/aromatic N) is 4. The van der Waals surface area contributed by atoms with Crippen molar-refractivity contribution in [3.8, 4) is 0 Å². The minimum Gasteiger partial charge on any atom is -0.342 e. The maximum atomic E-state index is 11.7. The number of piperazine rings is 1. The average molecular weight is 209 g/mol. The van der Waals surface area contributed by atoms with Gasteiger partial charge in [-0.05, 0) is 0 Å². The number of amides is 2. The van der Waals surface area contributed by atoms with E-state index in [4.69, 9.17) is 0 Å². The molecule has 1 fully saturated rings. The number of aromatic nitrogens is 3. The molecular weight excluding hydrogens is 198 g/mol. The Morgan fingerprint density at radius 1 is 1.40 bits per heavy atom. The van der Waals surface area contributed by atoms with Crippen LogP contribution in [0, 0.1) is 0 Å². The molecule has 0 aliphatic carbocycles. The van der Waals surface area contributed by atoms with Crippen LogP contribution in [0.15, 0.2) is 6.33 Å². The van der Waals surface area contributed by atoms with Crippen LogP contribution in [0.25, 0.3) is 0 Å². The smallest absolute Gasteiger partial charge is 0.291 e. The highest BCUT2D eigenvalue weighted by Crippen LogP contribution is 2.03. The van der Waals surface area contributed by atoms with E-state index in [0.29, 0.717) is 26.2 Å². The average Bonchev–Trinajstić information content (AvgIpc) is 2.82. The van der Waals surface area contributed by atoms with Gasteiger partial charge >= 0.3 is 0 Å². The molecule has 7 heteroatoms. The molecule has 0 saturated carbocycles. The molecule has 2 amide bonds. The maximum Gasteiger partial charge on any atom is 0.291 e. The quantitative estimate of drug-likeness (QED) is 0.615. The van der Waals surface area contributed by atoms with Gasteiger partial charge in [0.1, 0.15) is 6.33 Å². The number of aromatic amines is 1. The highest BCUT2D eigenvalue weighted by atomic mass is 16.2. The molecule has 0 aromatic carbocycles. The van der Waals surface area contributed by atoms with Crippen molar-refractivity contribution in [3.63, 3.8) is 0 Å². The first-order valence-corrected chi connectivity index (χ1v) is 4.65. The van der Waals surface area contributed by atoms with Crippen molar-refractivity contribution < 1.29 is 9.59 Å². The molecular formula is C8H11N5O2. The first-order valence-electron chi connectivity index (χ1n) is 4.65. The zero-order valence-corrected chi connectivity index (χ0v) is 8.09. The van der Waals surface area contributed by atoms with E-state index in [9.17, 15) is 9.59 Å². The number of hydrogen-bond donors (Lipinski definition) is 1. The van der Waals surface area contributed by atoms with Crippen LogP contribution in [0.1, 0.15) is 10.6 Å². The van der Waals surface area contributed by atoms with Gasteiger partial charge in [0.2, 0.25) is 12.2 Å². The molecule has 2 heterocycles. The summed E-state index contributed by atoms with van der Waals surface area (Å²) in [6, 6.07) is 0. The van der Waals surface area contributed by atoms with Crippen molar-refractivity contribution in [2.45, 2.75) is 0 Å². The second-order valence-electron chi connectivity index (χ2n) is 3.27. The molecule has 80 valence electrons.